The molecule has 0 radical (unpaired) electrons. The molecule has 0 saturated carbocycles. The van der Waals surface area contributed by atoms with Gasteiger partial charge in [-0.2, -0.15) is 0 Å². The number of nitrogens with zero attached hydrogens (tertiary/aromatic N) is 1. The maximum Gasteiger partial charge on any atom is 0.0893 e. The third-order valence-corrected chi connectivity index (χ3v) is 3.63. The summed E-state index contributed by atoms with van der Waals surface area (Å²) in [4.78, 5) is 4.32. The maximum atomic E-state index is 5.73. The van der Waals surface area contributed by atoms with E-state index in [1.807, 2.05) is 36.5 Å². The highest BCUT2D eigenvalue weighted by atomic mass is 79.9. The lowest BCUT2D eigenvalue weighted by atomic mass is 10.2. The first-order chi connectivity index (χ1) is 9.79. The Labute approximate surface area is 128 Å². The van der Waals surface area contributed by atoms with E-state index in [2.05, 4.69) is 39.2 Å². The number of halogens is 1. The molecule has 0 aliphatic carbocycles. The Bertz CT molecular complexity index is 546. The van der Waals surface area contributed by atoms with Crippen LogP contribution in [0.25, 0.3) is 0 Å². The number of nitrogens with one attached hydrogen (secondary N) is 1. The molecule has 0 saturated heterocycles. The second-order valence-corrected chi connectivity index (χ2v) is 5.40. The maximum absolute atomic E-state index is 5.73. The summed E-state index contributed by atoms with van der Waals surface area (Å²) >= 11 is 3.52. The number of ether oxygens (including phenoxy) is 1. The minimum absolute atomic E-state index is 0.517. The van der Waals surface area contributed by atoms with Crippen LogP contribution in [0.1, 0.15) is 24.6 Å². The zero-order valence-electron chi connectivity index (χ0n) is 11.6. The molecule has 0 amide bonds. The lowest BCUT2D eigenvalue weighted by molar-refractivity contribution is 0.104. The molecule has 0 spiro atoms. The number of pyridine rings is 1. The predicted molar refractivity (Wildman–Crippen MR) is 85.7 cm³/mol. The van der Waals surface area contributed by atoms with Gasteiger partial charge in [-0.1, -0.05) is 41.1 Å². The summed E-state index contributed by atoms with van der Waals surface area (Å²) in [7, 11) is 0. The molecule has 0 unspecified atom stereocenters. The van der Waals surface area contributed by atoms with E-state index >= 15 is 0 Å². The Morgan fingerprint density at radius 2 is 2.05 bits per heavy atom. The molecule has 106 valence electrons. The summed E-state index contributed by atoms with van der Waals surface area (Å²) in [5, 5.41) is 3.35. The van der Waals surface area contributed by atoms with E-state index in [1.54, 1.807) is 0 Å². The van der Waals surface area contributed by atoms with E-state index in [0.717, 1.165) is 34.4 Å². The molecule has 0 fully saturated rings. The van der Waals surface area contributed by atoms with Crippen molar-refractivity contribution in [2.45, 2.75) is 26.6 Å². The third-order valence-electron chi connectivity index (χ3n) is 2.86. The van der Waals surface area contributed by atoms with Gasteiger partial charge in [0.05, 0.1) is 18.9 Å². The molecule has 20 heavy (non-hydrogen) atoms. The Morgan fingerprint density at radius 3 is 2.85 bits per heavy atom. The van der Waals surface area contributed by atoms with Crippen molar-refractivity contribution in [1.29, 1.82) is 0 Å². The van der Waals surface area contributed by atoms with Crippen LogP contribution in [0.15, 0.2) is 47.1 Å². The van der Waals surface area contributed by atoms with Crippen LogP contribution in [0, 0.1) is 0 Å². The number of hydrogen-bond acceptors (Lipinski definition) is 3. The van der Waals surface area contributed by atoms with Gasteiger partial charge in [-0.15, -0.1) is 0 Å². The number of aromatic nitrogens is 1. The van der Waals surface area contributed by atoms with Crippen LogP contribution in [0.4, 0.5) is 5.69 Å². The Kier molecular flexibility index (Phi) is 6.02. The molecule has 2 aromatic rings. The molecule has 1 heterocycles. The van der Waals surface area contributed by atoms with Gasteiger partial charge in [0.15, 0.2) is 0 Å². The normalized spacial score (nSPS) is 10.5. The highest BCUT2D eigenvalue weighted by Gasteiger charge is 2.01. The van der Waals surface area contributed by atoms with Gasteiger partial charge in [0.2, 0.25) is 0 Å². The SMILES string of the molecule is CCCNc1ccnc(COCc2ccccc2Br)c1. The quantitative estimate of drug-likeness (QED) is 0.815. The lowest BCUT2D eigenvalue weighted by Crippen LogP contribution is -2.02. The van der Waals surface area contributed by atoms with Crippen molar-refractivity contribution in [1.82, 2.24) is 4.98 Å². The van der Waals surface area contributed by atoms with Crippen LogP contribution in [0.2, 0.25) is 0 Å². The van der Waals surface area contributed by atoms with Crippen molar-refractivity contribution in [3.8, 4) is 0 Å². The van der Waals surface area contributed by atoms with Crippen LogP contribution in [-0.2, 0) is 18.0 Å². The molecule has 4 heteroatoms. The van der Waals surface area contributed by atoms with Crippen molar-refractivity contribution < 1.29 is 4.74 Å². The second kappa shape index (κ2) is 8.02. The molecule has 1 aromatic heterocycles. The van der Waals surface area contributed by atoms with Gasteiger partial charge < -0.3 is 10.1 Å². The highest BCUT2D eigenvalue weighted by Crippen LogP contribution is 2.17. The lowest BCUT2D eigenvalue weighted by Gasteiger charge is -2.08. The van der Waals surface area contributed by atoms with E-state index in [-0.39, 0.29) is 0 Å². The van der Waals surface area contributed by atoms with Crippen molar-refractivity contribution in [2.75, 3.05) is 11.9 Å². The van der Waals surface area contributed by atoms with Crippen molar-refractivity contribution in [3.05, 3.63) is 58.3 Å². The van der Waals surface area contributed by atoms with Gasteiger partial charge >= 0.3 is 0 Å². The number of anilines is 1. The molecule has 1 aromatic carbocycles. The van der Waals surface area contributed by atoms with Crippen LogP contribution < -0.4 is 5.32 Å². The first-order valence-corrected chi connectivity index (χ1v) is 7.59. The Hall–Kier alpha value is -1.39. The minimum atomic E-state index is 0.517. The molecule has 0 aliphatic rings. The average molecular weight is 335 g/mol. The standard InChI is InChI=1S/C16H19BrN2O/c1-2-8-18-14-7-9-19-15(10-14)12-20-11-13-5-3-4-6-16(13)17/h3-7,9-10H,2,8,11-12H2,1H3,(H,18,19). The first kappa shape index (κ1) is 15.0. The smallest absolute Gasteiger partial charge is 0.0893 e. The first-order valence-electron chi connectivity index (χ1n) is 6.79. The molecule has 2 rings (SSSR count). The van der Waals surface area contributed by atoms with Gasteiger partial charge in [-0.3, -0.25) is 4.98 Å². The van der Waals surface area contributed by atoms with Crippen LogP contribution in [0.3, 0.4) is 0 Å². The van der Waals surface area contributed by atoms with Crippen LogP contribution in [0.5, 0.6) is 0 Å². The molecular weight excluding hydrogens is 316 g/mol. The van der Waals surface area contributed by atoms with E-state index in [0.29, 0.717) is 13.2 Å². The summed E-state index contributed by atoms with van der Waals surface area (Å²) in [5.74, 6) is 0. The number of benzene rings is 1. The Balaban J connectivity index is 1.86. The van der Waals surface area contributed by atoms with Crippen molar-refractivity contribution in [3.63, 3.8) is 0 Å². The molecule has 0 aliphatic heterocycles. The van der Waals surface area contributed by atoms with Crippen molar-refractivity contribution >= 4 is 21.6 Å². The fourth-order valence-electron chi connectivity index (χ4n) is 1.82. The summed E-state index contributed by atoms with van der Waals surface area (Å²) in [5.41, 5.74) is 3.19. The predicted octanol–water partition coefficient (Wildman–Crippen LogP) is 4.38. The molecular formula is C16H19BrN2O. The summed E-state index contributed by atoms with van der Waals surface area (Å²) in [6.07, 6.45) is 2.92. The van der Waals surface area contributed by atoms with Crippen molar-refractivity contribution in [2.24, 2.45) is 0 Å². The topological polar surface area (TPSA) is 34.2 Å². The monoisotopic (exact) mass is 334 g/mol. The van der Waals surface area contributed by atoms with Gasteiger partial charge in [0.25, 0.3) is 0 Å². The van der Waals surface area contributed by atoms with E-state index in [4.69, 9.17) is 4.74 Å². The number of hydrogen-bond donors (Lipinski definition) is 1. The zero-order chi connectivity index (χ0) is 14.2. The molecule has 1 N–H and O–H groups in total. The Morgan fingerprint density at radius 1 is 1.20 bits per heavy atom. The fourth-order valence-corrected chi connectivity index (χ4v) is 2.22. The zero-order valence-corrected chi connectivity index (χ0v) is 13.2. The van der Waals surface area contributed by atoms with Crippen LogP contribution in [-0.4, -0.2) is 11.5 Å². The summed E-state index contributed by atoms with van der Waals surface area (Å²) in [6, 6.07) is 12.1. The summed E-state index contributed by atoms with van der Waals surface area (Å²) < 4.78 is 6.80. The van der Waals surface area contributed by atoms with E-state index in [1.165, 1.54) is 0 Å². The number of rotatable bonds is 7. The molecule has 0 atom stereocenters. The van der Waals surface area contributed by atoms with Gasteiger partial charge in [-0.05, 0) is 30.2 Å². The minimum Gasteiger partial charge on any atom is -0.385 e. The van der Waals surface area contributed by atoms with Crippen LogP contribution >= 0.6 is 15.9 Å². The average Bonchev–Trinajstić information content (AvgIpc) is 2.48. The third kappa shape index (κ3) is 4.62. The van der Waals surface area contributed by atoms with Gasteiger partial charge in [0.1, 0.15) is 0 Å². The largest absolute Gasteiger partial charge is 0.385 e. The fraction of sp³-hybridized carbons (Fsp3) is 0.312. The van der Waals surface area contributed by atoms with Gasteiger partial charge in [-0.25, -0.2) is 0 Å². The molecule has 0 bridgehead atoms. The second-order valence-electron chi connectivity index (χ2n) is 4.55. The van der Waals surface area contributed by atoms with E-state index < -0.39 is 0 Å². The van der Waals surface area contributed by atoms with Gasteiger partial charge in [0, 0.05) is 22.9 Å². The molecule has 3 nitrogen and oxygen atoms in total. The highest BCUT2D eigenvalue weighted by molar-refractivity contribution is 9.10. The van der Waals surface area contributed by atoms with E-state index in [9.17, 15) is 0 Å². The summed E-state index contributed by atoms with van der Waals surface area (Å²) in [6.45, 7) is 4.22.